The minimum absolute atomic E-state index is 0.0424. The van der Waals surface area contributed by atoms with Crippen LogP contribution in [0.3, 0.4) is 0 Å². The molecule has 1 saturated heterocycles. The van der Waals surface area contributed by atoms with Gasteiger partial charge in [0.2, 0.25) is 5.91 Å². The second-order valence-electron chi connectivity index (χ2n) is 7.89. The van der Waals surface area contributed by atoms with Crippen molar-refractivity contribution < 1.29 is 9.59 Å². The lowest BCUT2D eigenvalue weighted by atomic mass is 9.84. The Morgan fingerprint density at radius 2 is 1.76 bits per heavy atom. The fourth-order valence-electron chi connectivity index (χ4n) is 4.12. The first-order valence-electron chi connectivity index (χ1n) is 10.3. The second kappa shape index (κ2) is 8.52. The van der Waals surface area contributed by atoms with Gasteiger partial charge in [-0.25, -0.2) is 0 Å². The van der Waals surface area contributed by atoms with E-state index in [2.05, 4.69) is 10.3 Å². The van der Waals surface area contributed by atoms with Crippen molar-refractivity contribution in [2.45, 2.75) is 26.3 Å². The van der Waals surface area contributed by atoms with E-state index in [9.17, 15) is 9.59 Å². The minimum Gasteiger partial charge on any atom is -0.352 e. The Labute approximate surface area is 171 Å². The van der Waals surface area contributed by atoms with Gasteiger partial charge in [0.1, 0.15) is 5.69 Å². The largest absolute Gasteiger partial charge is 0.352 e. The zero-order valence-electron chi connectivity index (χ0n) is 16.7. The highest BCUT2D eigenvalue weighted by Crippen LogP contribution is 2.26. The summed E-state index contributed by atoms with van der Waals surface area (Å²) in [5.41, 5.74) is 2.72. The lowest BCUT2D eigenvalue weighted by molar-refractivity contribution is -0.126. The molecule has 2 amide bonds. The van der Waals surface area contributed by atoms with Crippen LogP contribution in [0, 0.1) is 11.8 Å². The van der Waals surface area contributed by atoms with Crippen LogP contribution in [0.1, 0.15) is 35.8 Å². The fourth-order valence-corrected chi connectivity index (χ4v) is 4.12. The summed E-state index contributed by atoms with van der Waals surface area (Å²) in [7, 11) is 0. The number of rotatable bonds is 5. The summed E-state index contributed by atoms with van der Waals surface area (Å²) in [4.78, 5) is 30.5. The maximum absolute atomic E-state index is 12.9. The van der Waals surface area contributed by atoms with Crippen LogP contribution < -0.4 is 5.32 Å². The summed E-state index contributed by atoms with van der Waals surface area (Å²) >= 11 is 0. The lowest BCUT2D eigenvalue weighted by Gasteiger charge is -2.34. The molecule has 0 aliphatic carbocycles. The Balaban J connectivity index is 1.30. The number of para-hydroxylation sites is 1. The van der Waals surface area contributed by atoms with Gasteiger partial charge in [-0.2, -0.15) is 0 Å². The molecule has 5 heteroatoms. The SMILES string of the molecule is C[C@H](C(=O)NCc1ccccc1)C1CCN(C(=O)c2cc3ccccc3[nH]2)CC1. The minimum atomic E-state index is -0.0518. The Bertz CT molecular complexity index is 955. The van der Waals surface area contributed by atoms with Gasteiger partial charge in [0.15, 0.2) is 0 Å². The van der Waals surface area contributed by atoms with Gasteiger partial charge in [-0.1, -0.05) is 55.5 Å². The van der Waals surface area contributed by atoms with Crippen molar-refractivity contribution >= 4 is 22.7 Å². The predicted molar refractivity (Wildman–Crippen MR) is 114 cm³/mol. The molecular formula is C24H27N3O2. The number of nitrogens with one attached hydrogen (secondary N) is 2. The molecule has 0 bridgehead atoms. The van der Waals surface area contributed by atoms with E-state index >= 15 is 0 Å². The van der Waals surface area contributed by atoms with Gasteiger partial charge in [0.25, 0.3) is 5.91 Å². The summed E-state index contributed by atoms with van der Waals surface area (Å²) in [6, 6.07) is 19.8. The Hall–Kier alpha value is -3.08. The predicted octanol–water partition coefficient (Wildman–Crippen LogP) is 3.97. The molecule has 0 unspecified atom stereocenters. The van der Waals surface area contributed by atoms with Gasteiger partial charge in [-0.15, -0.1) is 0 Å². The number of carbonyl (C=O) groups is 2. The number of aromatic amines is 1. The third-order valence-corrected chi connectivity index (χ3v) is 6.02. The molecule has 4 rings (SSSR count). The van der Waals surface area contributed by atoms with Crippen LogP contribution in [0.15, 0.2) is 60.7 Å². The number of amides is 2. The Morgan fingerprint density at radius 3 is 2.48 bits per heavy atom. The first-order chi connectivity index (χ1) is 14.1. The van der Waals surface area contributed by atoms with E-state index in [-0.39, 0.29) is 17.7 Å². The molecule has 150 valence electrons. The Kier molecular flexibility index (Phi) is 5.65. The van der Waals surface area contributed by atoms with Gasteiger partial charge >= 0.3 is 0 Å². The topological polar surface area (TPSA) is 65.2 Å². The lowest BCUT2D eigenvalue weighted by Crippen LogP contribution is -2.42. The molecule has 1 fully saturated rings. The zero-order chi connectivity index (χ0) is 20.2. The van der Waals surface area contributed by atoms with Gasteiger partial charge in [0, 0.05) is 36.5 Å². The molecule has 0 spiro atoms. The standard InChI is InChI=1S/C24H27N3O2/c1-17(23(28)25-16-18-7-3-2-4-8-18)19-11-13-27(14-12-19)24(29)22-15-20-9-5-6-10-21(20)26-22/h2-10,15,17,19,26H,11-14,16H2,1H3,(H,25,28)/t17-/m0/s1. The van der Waals surface area contributed by atoms with E-state index in [1.165, 1.54) is 0 Å². The molecule has 3 aromatic rings. The van der Waals surface area contributed by atoms with Crippen LogP contribution in [0.25, 0.3) is 10.9 Å². The van der Waals surface area contributed by atoms with Crippen LogP contribution in [0.5, 0.6) is 0 Å². The summed E-state index contributed by atoms with van der Waals surface area (Å²) in [5.74, 6) is 0.386. The molecule has 1 atom stereocenters. The molecular weight excluding hydrogens is 362 g/mol. The molecule has 0 radical (unpaired) electrons. The van der Waals surface area contributed by atoms with Crippen molar-refractivity contribution in [3.8, 4) is 0 Å². The smallest absolute Gasteiger partial charge is 0.270 e. The molecule has 2 aromatic carbocycles. The normalized spacial score (nSPS) is 16.0. The molecule has 1 aliphatic rings. The molecule has 5 nitrogen and oxygen atoms in total. The summed E-state index contributed by atoms with van der Waals surface area (Å²) in [6.07, 6.45) is 1.71. The molecule has 1 aromatic heterocycles. The molecule has 2 N–H and O–H groups in total. The second-order valence-corrected chi connectivity index (χ2v) is 7.89. The fraction of sp³-hybridized carbons (Fsp3) is 0.333. The van der Waals surface area contributed by atoms with Crippen molar-refractivity contribution in [2.75, 3.05) is 13.1 Å². The van der Waals surface area contributed by atoms with Crippen LogP contribution in [-0.4, -0.2) is 34.8 Å². The number of nitrogens with zero attached hydrogens (tertiary/aromatic N) is 1. The average Bonchev–Trinajstić information content (AvgIpc) is 3.21. The van der Waals surface area contributed by atoms with E-state index in [0.717, 1.165) is 29.3 Å². The quantitative estimate of drug-likeness (QED) is 0.693. The zero-order valence-corrected chi connectivity index (χ0v) is 16.7. The van der Waals surface area contributed by atoms with Crippen molar-refractivity contribution in [1.29, 1.82) is 0 Å². The maximum Gasteiger partial charge on any atom is 0.270 e. The molecule has 0 saturated carbocycles. The van der Waals surface area contributed by atoms with E-state index in [1.807, 2.05) is 72.5 Å². The molecule has 1 aliphatic heterocycles. The number of likely N-dealkylation sites (tertiary alicyclic amines) is 1. The third-order valence-electron chi connectivity index (χ3n) is 6.02. The first-order valence-corrected chi connectivity index (χ1v) is 10.3. The maximum atomic E-state index is 12.9. The summed E-state index contributed by atoms with van der Waals surface area (Å²) < 4.78 is 0. The number of aromatic nitrogens is 1. The van der Waals surface area contributed by atoms with E-state index in [0.29, 0.717) is 31.2 Å². The summed E-state index contributed by atoms with van der Waals surface area (Å²) in [6.45, 7) is 3.94. The van der Waals surface area contributed by atoms with Crippen molar-refractivity contribution in [3.05, 3.63) is 71.9 Å². The number of piperidine rings is 1. The first kappa shape index (κ1) is 19.2. The molecule has 2 heterocycles. The van der Waals surface area contributed by atoms with E-state index in [4.69, 9.17) is 0 Å². The number of carbonyl (C=O) groups excluding carboxylic acids is 2. The number of hydrogen-bond donors (Lipinski definition) is 2. The van der Waals surface area contributed by atoms with Crippen molar-refractivity contribution in [2.24, 2.45) is 11.8 Å². The number of benzene rings is 2. The number of fused-ring (bicyclic) bond motifs is 1. The molecule has 29 heavy (non-hydrogen) atoms. The number of hydrogen-bond acceptors (Lipinski definition) is 2. The highest BCUT2D eigenvalue weighted by atomic mass is 16.2. The number of H-pyrrole nitrogens is 1. The van der Waals surface area contributed by atoms with Crippen LogP contribution >= 0.6 is 0 Å². The summed E-state index contributed by atoms with van der Waals surface area (Å²) in [5, 5.41) is 4.10. The van der Waals surface area contributed by atoms with E-state index < -0.39 is 0 Å². The highest BCUT2D eigenvalue weighted by molar-refractivity contribution is 5.98. The Morgan fingerprint density at radius 1 is 1.07 bits per heavy atom. The van der Waals surface area contributed by atoms with Gasteiger partial charge in [-0.3, -0.25) is 9.59 Å². The van der Waals surface area contributed by atoms with Crippen LogP contribution in [0.4, 0.5) is 0 Å². The highest BCUT2D eigenvalue weighted by Gasteiger charge is 2.30. The van der Waals surface area contributed by atoms with Crippen molar-refractivity contribution in [1.82, 2.24) is 15.2 Å². The van der Waals surface area contributed by atoms with Gasteiger partial charge in [0.05, 0.1) is 0 Å². The van der Waals surface area contributed by atoms with Gasteiger partial charge < -0.3 is 15.2 Å². The van der Waals surface area contributed by atoms with Crippen molar-refractivity contribution in [3.63, 3.8) is 0 Å². The monoisotopic (exact) mass is 389 g/mol. The van der Waals surface area contributed by atoms with Gasteiger partial charge in [-0.05, 0) is 36.5 Å². The average molecular weight is 389 g/mol. The van der Waals surface area contributed by atoms with E-state index in [1.54, 1.807) is 0 Å². The van der Waals surface area contributed by atoms with Crippen LogP contribution in [-0.2, 0) is 11.3 Å². The third kappa shape index (κ3) is 4.34. The van der Waals surface area contributed by atoms with Crippen LogP contribution in [0.2, 0.25) is 0 Å².